The predicted octanol–water partition coefficient (Wildman–Crippen LogP) is 24.4. The summed E-state index contributed by atoms with van der Waals surface area (Å²) in [4.78, 5) is 113. The minimum Gasteiger partial charge on any atom is -0.479 e. The third-order valence-corrected chi connectivity index (χ3v) is 26.5. The van der Waals surface area contributed by atoms with E-state index < -0.39 is 0 Å². The van der Waals surface area contributed by atoms with Crippen LogP contribution < -0.4 is 5.32 Å². The van der Waals surface area contributed by atoms with E-state index >= 15 is 0 Å². The second kappa shape index (κ2) is 43.7. The zero-order valence-electron chi connectivity index (χ0n) is 94.1. The van der Waals surface area contributed by atoms with E-state index in [0.29, 0.717) is 79.6 Å². The van der Waals surface area contributed by atoms with Crippen LogP contribution >= 0.6 is 11.8 Å². The molecule has 0 bridgehead atoms. The van der Waals surface area contributed by atoms with Crippen LogP contribution in [0.1, 0.15) is 432 Å². The van der Waals surface area contributed by atoms with Crippen LogP contribution in [-0.2, 0) is 43.0 Å². The number of morpholine rings is 1. The van der Waals surface area contributed by atoms with E-state index in [2.05, 4.69) is 385 Å². The van der Waals surface area contributed by atoms with E-state index in [1.807, 2.05) is 45.3 Å². The molecule has 0 aromatic heterocycles. The Bertz CT molecular complexity index is 3220. The number of ether oxygens (including phenoxy) is 3. The van der Waals surface area contributed by atoms with Gasteiger partial charge in [0.1, 0.15) is 13.2 Å². The van der Waals surface area contributed by atoms with Gasteiger partial charge >= 0.3 is 6.09 Å². The van der Waals surface area contributed by atoms with E-state index in [4.69, 9.17) is 14.2 Å². The van der Waals surface area contributed by atoms with E-state index in [1.54, 1.807) is 0 Å². The van der Waals surface area contributed by atoms with Crippen LogP contribution in [0.15, 0.2) is 12.5 Å². The summed E-state index contributed by atoms with van der Waals surface area (Å²) >= 11 is 1.45. The summed E-state index contributed by atoms with van der Waals surface area (Å²) in [7, 11) is 0. The third kappa shape index (κ3) is 36.3. The Morgan fingerprint density at radius 3 is 0.829 bits per heavy atom. The van der Waals surface area contributed by atoms with Gasteiger partial charge in [0.05, 0.1) is 31.8 Å². The van der Waals surface area contributed by atoms with Crippen LogP contribution in [0.25, 0.3) is 0 Å². The SMILES string of the molecule is C=C1OCCC(C(C)(C)C)N1C(C)(C)C.CC(C)(C)C1CC(=O)N1C(C)(C)C.CC(C)(C)C1CCC(=O)N1C(C)(C)C.CC(C)(C)C1CCC(=O)N1C(C)(C)C.CC(C)(C)C1CCCC(=O)N1C(C)(C)C.CC(C)(C)C1CNCC(=O)N1C(C)(C)C.CC(C)(C)C1COC(=O)N1C(C)(C)C.CC(C)(C)C1COCC(=O)N1C(C)(C)C.CC(C)(C)C1CSC(=O)N1C(C)(C)C. The summed E-state index contributed by atoms with van der Waals surface area (Å²) in [6.07, 6.45) is 8.01. The molecule has 9 aliphatic heterocycles. The highest BCUT2D eigenvalue weighted by Gasteiger charge is 2.53. The van der Waals surface area contributed by atoms with Gasteiger partial charge < -0.3 is 58.7 Å². The number of amides is 8. The first-order valence-corrected chi connectivity index (χ1v) is 50.0. The first-order valence-electron chi connectivity index (χ1n) is 49.0. The molecule has 0 aromatic carbocycles. The molecule has 129 heavy (non-hydrogen) atoms. The van der Waals surface area contributed by atoms with E-state index in [-0.39, 0.29) is 146 Å². The topological polar surface area (TPSA) is 205 Å². The fraction of sp³-hybridized carbons (Fsp3) is 0.907. The molecule has 9 fully saturated rings. The number of carbonyl (C=O) groups excluding carboxylic acids is 8. The maximum Gasteiger partial charge on any atom is 0.410 e. The summed E-state index contributed by atoms with van der Waals surface area (Å²) < 4.78 is 16.0. The van der Waals surface area contributed by atoms with Gasteiger partial charge in [-0.2, -0.15) is 0 Å². The van der Waals surface area contributed by atoms with Gasteiger partial charge in [-0.3, -0.25) is 38.5 Å². The Labute approximate surface area is 798 Å². The quantitative estimate of drug-likeness (QED) is 0.224. The number of cyclic esters (lactones) is 1. The molecule has 0 radical (unpaired) electrons. The number of hydrogen-bond donors (Lipinski definition) is 1. The van der Waals surface area contributed by atoms with Crippen LogP contribution in [0.5, 0.6) is 0 Å². The Balaban J connectivity index is 0.000000726. The lowest BCUT2D eigenvalue weighted by molar-refractivity contribution is -0.163. The van der Waals surface area contributed by atoms with Crippen molar-refractivity contribution in [3.8, 4) is 0 Å². The highest BCUT2D eigenvalue weighted by molar-refractivity contribution is 8.13. The van der Waals surface area contributed by atoms with Crippen molar-refractivity contribution in [1.82, 2.24) is 49.4 Å². The number of β-lactam (4-membered cyclic amide) rings is 1. The Kier molecular flexibility index (Phi) is 41.4. The molecule has 9 aliphatic rings. The Morgan fingerprint density at radius 1 is 0.279 bits per heavy atom. The number of hydrogen-bond acceptors (Lipinski definition) is 14. The van der Waals surface area contributed by atoms with Crippen LogP contribution in [0.3, 0.4) is 0 Å². The number of carbonyl (C=O) groups is 8. The van der Waals surface area contributed by atoms with Gasteiger partial charge in [0.15, 0.2) is 5.88 Å². The minimum absolute atomic E-state index is 0.0206. The first-order chi connectivity index (χ1) is 56.7. The minimum atomic E-state index is -0.183. The van der Waals surface area contributed by atoms with E-state index in [1.165, 1.54) is 11.8 Å². The molecule has 9 unspecified atom stereocenters. The zero-order valence-corrected chi connectivity index (χ0v) is 95.0. The molecule has 9 atom stereocenters. The molecular formula is C107H206N10O11S. The molecule has 8 amide bonds. The molecule has 9 saturated heterocycles. The molecule has 756 valence electrons. The summed E-state index contributed by atoms with van der Waals surface area (Å²) in [5, 5.41) is 3.44. The lowest BCUT2D eigenvalue weighted by Crippen LogP contribution is -2.65. The predicted molar refractivity (Wildman–Crippen MR) is 543 cm³/mol. The fourth-order valence-corrected chi connectivity index (χ4v) is 20.8. The number of nitrogens with one attached hydrogen (secondary N) is 1. The van der Waals surface area contributed by atoms with E-state index in [9.17, 15) is 38.4 Å². The fourth-order valence-electron chi connectivity index (χ4n) is 19.4. The van der Waals surface area contributed by atoms with Gasteiger partial charge in [-0.25, -0.2) is 4.79 Å². The number of likely N-dealkylation sites (tertiary alicyclic amines) is 4. The first kappa shape index (κ1) is 122. The van der Waals surface area contributed by atoms with Gasteiger partial charge in [0, 0.05) is 137 Å². The number of thioether (sulfide) groups is 1. The van der Waals surface area contributed by atoms with Gasteiger partial charge in [0.25, 0.3) is 5.24 Å². The molecule has 0 aliphatic carbocycles. The van der Waals surface area contributed by atoms with Gasteiger partial charge in [-0.15, -0.1) is 0 Å². The van der Waals surface area contributed by atoms with E-state index in [0.717, 1.165) is 82.6 Å². The lowest BCUT2D eigenvalue weighted by Gasteiger charge is -2.54. The van der Waals surface area contributed by atoms with Crippen molar-refractivity contribution in [2.24, 2.45) is 48.7 Å². The molecule has 22 heteroatoms. The molecule has 0 saturated carbocycles. The molecule has 21 nitrogen and oxygen atoms in total. The highest BCUT2D eigenvalue weighted by atomic mass is 32.2. The third-order valence-electron chi connectivity index (χ3n) is 25.6. The highest BCUT2D eigenvalue weighted by Crippen LogP contribution is 2.46. The van der Waals surface area contributed by atoms with Crippen molar-refractivity contribution in [2.75, 3.05) is 45.3 Å². The summed E-state index contributed by atoms with van der Waals surface area (Å²) in [5.41, 5.74) is 0.976. The number of rotatable bonds is 0. The summed E-state index contributed by atoms with van der Waals surface area (Å²) in [5.74, 6) is 3.34. The van der Waals surface area contributed by atoms with Crippen molar-refractivity contribution in [2.45, 2.75) is 536 Å². The van der Waals surface area contributed by atoms with Gasteiger partial charge in [-0.05, 0) is 268 Å². The smallest absolute Gasteiger partial charge is 0.410 e. The maximum atomic E-state index is 12.0. The molecule has 0 spiro atoms. The molecular weight excluding hydrogens is 1630 g/mol. The number of piperazine rings is 1. The van der Waals surface area contributed by atoms with Crippen LogP contribution in [0, 0.1) is 48.7 Å². The second-order valence-electron chi connectivity index (χ2n) is 56.7. The van der Waals surface area contributed by atoms with Crippen molar-refractivity contribution in [3.63, 3.8) is 0 Å². The maximum absolute atomic E-state index is 12.0. The monoisotopic (exact) mass is 1840 g/mol. The van der Waals surface area contributed by atoms with Crippen molar-refractivity contribution in [3.05, 3.63) is 12.5 Å². The summed E-state index contributed by atoms with van der Waals surface area (Å²) in [6, 6.07) is 3.09. The Morgan fingerprint density at radius 2 is 0.566 bits per heavy atom. The Hall–Kier alpha value is -4.83. The number of piperidine rings is 1. The zero-order chi connectivity index (χ0) is 102. The van der Waals surface area contributed by atoms with Crippen LogP contribution in [-0.4, -0.2) is 240 Å². The average molecular weight is 1840 g/mol. The molecule has 1 N–H and O–H groups in total. The molecule has 9 rings (SSSR count). The average Bonchev–Trinajstić information content (AvgIpc) is 1.60. The number of nitrogens with zero attached hydrogens (tertiary/aromatic N) is 9. The summed E-state index contributed by atoms with van der Waals surface area (Å²) in [6.45, 7) is 124. The van der Waals surface area contributed by atoms with Crippen molar-refractivity contribution < 1.29 is 52.6 Å². The molecule has 9 heterocycles. The van der Waals surface area contributed by atoms with Crippen LogP contribution in [0.2, 0.25) is 0 Å². The molecule has 0 aromatic rings. The van der Waals surface area contributed by atoms with Gasteiger partial charge in [0.2, 0.25) is 35.4 Å². The van der Waals surface area contributed by atoms with Crippen molar-refractivity contribution in [1.29, 1.82) is 0 Å². The van der Waals surface area contributed by atoms with Crippen LogP contribution in [0.4, 0.5) is 9.59 Å². The van der Waals surface area contributed by atoms with Gasteiger partial charge in [-0.1, -0.05) is 199 Å². The lowest BCUT2D eigenvalue weighted by atomic mass is 9.76. The normalized spacial score (nSPS) is 24.4. The standard InChI is InChI=1S/2C13H25NO.C12H24N2O.C12H23NO2.2C12H23NO.C11H21NO2.C11H21NOS.C11H21NO/c1-10-14(13(5,6)7)11(8-9-15-10)12(2,3)4;1-12(2,3)10-8-7-9-11(15)14(10)13(4,5)6;1-11(2,3)9-7-13-8-10(15)14(9)12(4,5)6;1-11(2,3)9-7-15-8-10(14)13(9)12(4,5)6;2*1-11(2,3)9-7-8-10(14)13(9)12(4,5)6;2*1-10(2,3)8-7-14-9(13)12(8)11(4,5)6;1-10(2,3)8-7-9(13)12(8)11(4,5)6/h11H,1,8-9H2,2-7H3;10H,7-9H2,1-6H3;9,13H,7-8H2,1-6H3;9H,7-8H2,1-6H3;2*9H,7-8H2,1-6H3;2*8H,7H2,1-6H3;8H,7H2,1-6H3. The second-order valence-corrected chi connectivity index (χ2v) is 57.6. The largest absolute Gasteiger partial charge is 0.479 e. The van der Waals surface area contributed by atoms with Crippen molar-refractivity contribution >= 4 is 58.5 Å².